The first kappa shape index (κ1) is 39.9. The summed E-state index contributed by atoms with van der Waals surface area (Å²) in [7, 11) is 0. The van der Waals surface area contributed by atoms with Crippen LogP contribution in [0.25, 0.3) is 33.4 Å². The number of hydrogen-bond donors (Lipinski definition) is 0. The summed E-state index contributed by atoms with van der Waals surface area (Å²) in [5, 5.41) is 0. The molecule has 1 fully saturated rings. The lowest BCUT2D eigenvalue weighted by atomic mass is 9.78. The van der Waals surface area contributed by atoms with Gasteiger partial charge >= 0.3 is 0 Å². The third-order valence-electron chi connectivity index (χ3n) is 13.3. The smallest absolute Gasteiger partial charge is 0.0465 e. The Morgan fingerprint density at radius 2 is 0.897 bits per heavy atom. The summed E-state index contributed by atoms with van der Waals surface area (Å²) >= 11 is 0. The number of fused-ring (bicyclic) bond motifs is 3. The van der Waals surface area contributed by atoms with Gasteiger partial charge in [-0.25, -0.2) is 0 Å². The van der Waals surface area contributed by atoms with Gasteiger partial charge in [-0.1, -0.05) is 180 Å². The Labute approximate surface area is 350 Å². The molecule has 0 aromatic heterocycles. The third-order valence-corrected chi connectivity index (χ3v) is 13.3. The van der Waals surface area contributed by atoms with Gasteiger partial charge in [-0.3, -0.25) is 0 Å². The van der Waals surface area contributed by atoms with Crippen molar-refractivity contribution in [1.29, 1.82) is 0 Å². The van der Waals surface area contributed by atoms with Crippen LogP contribution in [0.15, 0.2) is 127 Å². The first-order valence-corrected chi connectivity index (χ1v) is 21.9. The van der Waals surface area contributed by atoms with E-state index in [-0.39, 0.29) is 21.7 Å². The summed E-state index contributed by atoms with van der Waals surface area (Å²) in [4.78, 5) is 2.47. The van der Waals surface area contributed by atoms with Crippen LogP contribution in [0.5, 0.6) is 0 Å². The van der Waals surface area contributed by atoms with Crippen molar-refractivity contribution in [2.75, 3.05) is 4.90 Å². The van der Waals surface area contributed by atoms with Crippen molar-refractivity contribution < 1.29 is 0 Å². The van der Waals surface area contributed by atoms with E-state index in [1.54, 1.807) is 0 Å². The molecule has 0 saturated heterocycles. The highest BCUT2D eigenvalue weighted by Gasteiger charge is 2.36. The quantitative estimate of drug-likeness (QED) is 0.163. The van der Waals surface area contributed by atoms with Crippen LogP contribution in [0, 0.1) is 0 Å². The van der Waals surface area contributed by atoms with Crippen molar-refractivity contribution in [2.45, 2.75) is 136 Å². The van der Waals surface area contributed by atoms with Gasteiger partial charge in [0.15, 0.2) is 0 Å². The van der Waals surface area contributed by atoms with Gasteiger partial charge in [0.1, 0.15) is 0 Å². The molecule has 1 heteroatoms. The molecule has 0 bridgehead atoms. The standard InChI is InChI=1S/C57H65N/c1-54(2,3)44-32-41(31-42(33-44)43-34-45(55(4,5)6)36-46(35-43)56(7,8)9)40-23-27-48(28-24-40)58(47-25-21-39(22-26-47)38-17-13-12-14-18-38)49-29-30-51-50-19-15-16-20-52(50)57(10,11)53(51)37-49/h15-16,19-38H,12-14,17-18H2,1-11H3. The third kappa shape index (κ3) is 7.70. The Hall–Kier alpha value is -4.88. The van der Waals surface area contributed by atoms with Gasteiger partial charge in [-0.05, 0) is 144 Å². The van der Waals surface area contributed by atoms with Crippen LogP contribution in [-0.2, 0) is 21.7 Å². The molecule has 6 aromatic carbocycles. The second kappa shape index (κ2) is 14.7. The summed E-state index contributed by atoms with van der Waals surface area (Å²) in [5.41, 5.74) is 19.8. The molecule has 1 saturated carbocycles. The van der Waals surface area contributed by atoms with Gasteiger partial charge in [0.2, 0.25) is 0 Å². The number of benzene rings is 6. The van der Waals surface area contributed by atoms with Crippen LogP contribution in [-0.4, -0.2) is 0 Å². The molecule has 1 nitrogen and oxygen atoms in total. The lowest BCUT2D eigenvalue weighted by molar-refractivity contribution is 0.443. The SMILES string of the molecule is CC(C)(C)c1cc(-c2ccc(N(c3ccc(C4CCCCC4)cc3)c3ccc4c(c3)C(C)(C)c3ccccc3-4)cc2)cc(-c2cc(C(C)(C)C)cc(C(C)(C)C)c2)c1. The monoisotopic (exact) mass is 764 g/mol. The van der Waals surface area contributed by atoms with Gasteiger partial charge in [0, 0.05) is 22.5 Å². The van der Waals surface area contributed by atoms with Gasteiger partial charge in [0.25, 0.3) is 0 Å². The van der Waals surface area contributed by atoms with E-state index in [4.69, 9.17) is 0 Å². The molecule has 58 heavy (non-hydrogen) atoms. The molecule has 0 spiro atoms. The van der Waals surface area contributed by atoms with Crippen LogP contribution in [0.4, 0.5) is 17.1 Å². The van der Waals surface area contributed by atoms with E-state index in [0.717, 1.165) is 0 Å². The number of hydrogen-bond acceptors (Lipinski definition) is 1. The van der Waals surface area contributed by atoms with Crippen molar-refractivity contribution in [1.82, 2.24) is 0 Å². The summed E-state index contributed by atoms with van der Waals surface area (Å²) < 4.78 is 0. The van der Waals surface area contributed by atoms with Crippen LogP contribution >= 0.6 is 0 Å². The molecule has 0 amide bonds. The van der Waals surface area contributed by atoms with E-state index in [1.807, 2.05) is 0 Å². The zero-order valence-electron chi connectivity index (χ0n) is 37.2. The Morgan fingerprint density at radius 3 is 1.47 bits per heavy atom. The zero-order chi connectivity index (χ0) is 41.2. The second-order valence-electron chi connectivity index (χ2n) is 21.1. The highest BCUT2D eigenvalue weighted by Crippen LogP contribution is 2.51. The van der Waals surface area contributed by atoms with Crippen molar-refractivity contribution in [2.24, 2.45) is 0 Å². The Kier molecular flexibility index (Phi) is 10.1. The Bertz CT molecular complexity index is 2400. The van der Waals surface area contributed by atoms with E-state index >= 15 is 0 Å². The van der Waals surface area contributed by atoms with Crippen molar-refractivity contribution >= 4 is 17.1 Å². The molecular weight excluding hydrogens is 699 g/mol. The average Bonchev–Trinajstić information content (AvgIpc) is 3.43. The molecule has 298 valence electrons. The molecule has 0 N–H and O–H groups in total. The predicted octanol–water partition coefficient (Wildman–Crippen LogP) is 16.7. The largest absolute Gasteiger partial charge is 0.310 e. The predicted molar refractivity (Wildman–Crippen MR) is 251 cm³/mol. The maximum atomic E-state index is 2.47. The molecule has 2 aliphatic carbocycles. The summed E-state index contributed by atoms with van der Waals surface area (Å²) in [6.07, 6.45) is 6.69. The fourth-order valence-corrected chi connectivity index (χ4v) is 9.47. The average molecular weight is 764 g/mol. The van der Waals surface area contributed by atoms with Crippen molar-refractivity contribution in [3.05, 3.63) is 161 Å². The first-order valence-electron chi connectivity index (χ1n) is 21.9. The van der Waals surface area contributed by atoms with Crippen LogP contribution < -0.4 is 4.90 Å². The minimum absolute atomic E-state index is 0.000781. The second-order valence-corrected chi connectivity index (χ2v) is 21.1. The number of anilines is 3. The maximum Gasteiger partial charge on any atom is 0.0465 e. The molecule has 0 heterocycles. The lowest BCUT2D eigenvalue weighted by Crippen LogP contribution is -2.16. The van der Waals surface area contributed by atoms with Crippen molar-refractivity contribution in [3.8, 4) is 33.4 Å². The minimum Gasteiger partial charge on any atom is -0.310 e. The molecule has 0 atom stereocenters. The van der Waals surface area contributed by atoms with Gasteiger partial charge < -0.3 is 4.90 Å². The topological polar surface area (TPSA) is 3.24 Å². The summed E-state index contributed by atoms with van der Waals surface area (Å²) in [6, 6.07) is 49.5. The van der Waals surface area contributed by atoms with Crippen molar-refractivity contribution in [3.63, 3.8) is 0 Å². The summed E-state index contributed by atoms with van der Waals surface area (Å²) in [6.45, 7) is 25.7. The maximum absolute atomic E-state index is 2.47. The highest BCUT2D eigenvalue weighted by atomic mass is 15.1. The van der Waals surface area contributed by atoms with E-state index in [9.17, 15) is 0 Å². The van der Waals surface area contributed by atoms with Gasteiger partial charge in [-0.15, -0.1) is 0 Å². The zero-order valence-corrected chi connectivity index (χ0v) is 37.2. The van der Waals surface area contributed by atoms with Crippen LogP contribution in [0.2, 0.25) is 0 Å². The van der Waals surface area contributed by atoms with Gasteiger partial charge in [0.05, 0.1) is 0 Å². The highest BCUT2D eigenvalue weighted by molar-refractivity contribution is 5.86. The first-order chi connectivity index (χ1) is 27.4. The molecule has 8 rings (SSSR count). The van der Waals surface area contributed by atoms with Gasteiger partial charge in [-0.2, -0.15) is 0 Å². The molecule has 0 radical (unpaired) electrons. The Morgan fingerprint density at radius 1 is 0.431 bits per heavy atom. The fraction of sp³-hybridized carbons (Fsp3) is 0.368. The fourth-order valence-electron chi connectivity index (χ4n) is 9.47. The molecule has 6 aromatic rings. The van der Waals surface area contributed by atoms with Crippen LogP contribution in [0.1, 0.15) is 148 Å². The lowest BCUT2D eigenvalue weighted by Gasteiger charge is -2.29. The summed E-state index contributed by atoms with van der Waals surface area (Å²) in [5.74, 6) is 0.680. The molecule has 0 unspecified atom stereocenters. The number of rotatable bonds is 6. The van der Waals surface area contributed by atoms with E-state index in [1.165, 1.54) is 116 Å². The van der Waals surface area contributed by atoms with E-state index in [0.29, 0.717) is 5.92 Å². The number of nitrogens with zero attached hydrogens (tertiary/aromatic N) is 1. The van der Waals surface area contributed by atoms with Crippen LogP contribution in [0.3, 0.4) is 0 Å². The molecular formula is C57H65N. The normalized spacial score (nSPS) is 15.6. The molecule has 2 aliphatic rings. The van der Waals surface area contributed by atoms with E-state index in [2.05, 4.69) is 208 Å². The minimum atomic E-state index is -0.0713. The van der Waals surface area contributed by atoms with E-state index < -0.39 is 0 Å². The molecule has 0 aliphatic heterocycles. The Balaban J connectivity index is 1.22.